The van der Waals surface area contributed by atoms with Gasteiger partial charge in [0.2, 0.25) is 5.91 Å². The third kappa shape index (κ3) is 4.04. The number of aromatic nitrogens is 3. The smallest absolute Gasteiger partial charge is 0.234 e. The number of aryl methyl sites for hydroxylation is 1. The zero-order valence-electron chi connectivity index (χ0n) is 14.9. The van der Waals surface area contributed by atoms with E-state index in [1.54, 1.807) is 12.1 Å². The highest BCUT2D eigenvalue weighted by atomic mass is 19.1. The number of rotatable bonds is 5. The Labute approximate surface area is 147 Å². The first-order valence-corrected chi connectivity index (χ1v) is 8.61. The number of carbonyl (C=O) groups excluding carboxylic acids is 1. The van der Waals surface area contributed by atoms with Crippen molar-refractivity contribution in [3.05, 3.63) is 35.9 Å². The predicted molar refractivity (Wildman–Crippen MR) is 93.4 cm³/mol. The molecular weight excluding hydrogens is 321 g/mol. The molecule has 3 rings (SSSR count). The Morgan fingerprint density at radius 3 is 2.76 bits per heavy atom. The fourth-order valence-electron chi connectivity index (χ4n) is 2.94. The molecule has 0 bridgehead atoms. The highest BCUT2D eigenvalue weighted by Crippen LogP contribution is 2.23. The van der Waals surface area contributed by atoms with E-state index in [0.29, 0.717) is 25.0 Å². The Balaban J connectivity index is 1.69. The van der Waals surface area contributed by atoms with Crippen molar-refractivity contribution in [1.82, 2.24) is 25.0 Å². The maximum atomic E-state index is 13.1. The largest absolute Gasteiger partial charge is 0.350 e. The van der Waals surface area contributed by atoms with Gasteiger partial charge in [-0.2, -0.15) is 0 Å². The van der Waals surface area contributed by atoms with Crippen LogP contribution in [-0.4, -0.2) is 51.2 Å². The SMILES string of the molecule is CC(C)N(C)CC(=O)N[C@@H]1CCc2nnc(-c3ccc(F)cc3)n2C1. The number of likely N-dealkylation sites (N-methyl/N-ethyl adjacent to an activating group) is 1. The molecule has 6 nitrogen and oxygen atoms in total. The molecule has 1 N–H and O–H groups in total. The molecule has 1 aliphatic heterocycles. The van der Waals surface area contributed by atoms with Crippen LogP contribution in [0.5, 0.6) is 0 Å². The molecule has 25 heavy (non-hydrogen) atoms. The van der Waals surface area contributed by atoms with E-state index in [0.717, 1.165) is 24.2 Å². The molecule has 1 aromatic heterocycles. The fourth-order valence-corrected chi connectivity index (χ4v) is 2.94. The fraction of sp³-hybridized carbons (Fsp3) is 0.500. The quantitative estimate of drug-likeness (QED) is 0.898. The Kier molecular flexibility index (Phi) is 5.13. The van der Waals surface area contributed by atoms with Crippen molar-refractivity contribution in [2.75, 3.05) is 13.6 Å². The second kappa shape index (κ2) is 7.31. The molecular formula is C18H24FN5O. The normalized spacial score (nSPS) is 17.0. The first-order chi connectivity index (χ1) is 11.9. The minimum Gasteiger partial charge on any atom is -0.350 e. The highest BCUT2D eigenvalue weighted by Gasteiger charge is 2.25. The van der Waals surface area contributed by atoms with Crippen LogP contribution in [0.4, 0.5) is 4.39 Å². The average Bonchev–Trinajstić information content (AvgIpc) is 2.98. The number of hydrogen-bond donors (Lipinski definition) is 1. The van der Waals surface area contributed by atoms with Crippen LogP contribution in [0.3, 0.4) is 0 Å². The lowest BCUT2D eigenvalue weighted by atomic mass is 10.1. The summed E-state index contributed by atoms with van der Waals surface area (Å²) >= 11 is 0. The first kappa shape index (κ1) is 17.5. The van der Waals surface area contributed by atoms with E-state index in [1.807, 2.05) is 16.5 Å². The summed E-state index contributed by atoms with van der Waals surface area (Å²) in [6.45, 7) is 5.14. The van der Waals surface area contributed by atoms with E-state index in [9.17, 15) is 9.18 Å². The van der Waals surface area contributed by atoms with E-state index in [1.165, 1.54) is 12.1 Å². The Hall–Kier alpha value is -2.28. The van der Waals surface area contributed by atoms with Gasteiger partial charge in [0.15, 0.2) is 5.82 Å². The van der Waals surface area contributed by atoms with Gasteiger partial charge in [0.25, 0.3) is 0 Å². The number of hydrogen-bond acceptors (Lipinski definition) is 4. The zero-order chi connectivity index (χ0) is 18.0. The van der Waals surface area contributed by atoms with Gasteiger partial charge < -0.3 is 9.88 Å². The Morgan fingerprint density at radius 1 is 1.36 bits per heavy atom. The molecule has 134 valence electrons. The third-order valence-electron chi connectivity index (χ3n) is 4.69. The van der Waals surface area contributed by atoms with Crippen LogP contribution in [-0.2, 0) is 17.8 Å². The van der Waals surface area contributed by atoms with E-state index in [-0.39, 0.29) is 17.8 Å². The van der Waals surface area contributed by atoms with Crippen LogP contribution < -0.4 is 5.32 Å². The van der Waals surface area contributed by atoms with Crippen molar-refractivity contribution >= 4 is 5.91 Å². The Morgan fingerprint density at radius 2 is 2.08 bits per heavy atom. The van der Waals surface area contributed by atoms with Crippen molar-refractivity contribution in [3.63, 3.8) is 0 Å². The zero-order valence-corrected chi connectivity index (χ0v) is 14.9. The number of amides is 1. The summed E-state index contributed by atoms with van der Waals surface area (Å²) in [5, 5.41) is 11.6. The van der Waals surface area contributed by atoms with Crippen LogP contribution in [0.1, 0.15) is 26.1 Å². The number of carbonyl (C=O) groups is 1. The average molecular weight is 345 g/mol. The number of benzene rings is 1. The molecule has 7 heteroatoms. The van der Waals surface area contributed by atoms with Crippen LogP contribution in [0.2, 0.25) is 0 Å². The molecule has 1 amide bonds. The van der Waals surface area contributed by atoms with Gasteiger partial charge in [-0.15, -0.1) is 10.2 Å². The number of nitrogens with zero attached hydrogens (tertiary/aromatic N) is 4. The summed E-state index contributed by atoms with van der Waals surface area (Å²) in [5.41, 5.74) is 0.826. The highest BCUT2D eigenvalue weighted by molar-refractivity contribution is 5.78. The molecule has 1 aromatic carbocycles. The summed E-state index contributed by atoms with van der Waals surface area (Å²) in [5.74, 6) is 1.37. The maximum Gasteiger partial charge on any atom is 0.234 e. The summed E-state index contributed by atoms with van der Waals surface area (Å²) in [6, 6.07) is 6.61. The van der Waals surface area contributed by atoms with Gasteiger partial charge in [0.1, 0.15) is 11.6 Å². The number of nitrogens with one attached hydrogen (secondary N) is 1. The van der Waals surface area contributed by atoms with Gasteiger partial charge in [-0.25, -0.2) is 4.39 Å². The van der Waals surface area contributed by atoms with Gasteiger partial charge >= 0.3 is 0 Å². The second-order valence-corrected chi connectivity index (χ2v) is 6.87. The molecule has 1 aliphatic rings. The van der Waals surface area contributed by atoms with Gasteiger partial charge in [-0.3, -0.25) is 9.69 Å². The number of fused-ring (bicyclic) bond motifs is 1. The molecule has 2 aromatic rings. The molecule has 0 saturated carbocycles. The lowest BCUT2D eigenvalue weighted by molar-refractivity contribution is -0.123. The second-order valence-electron chi connectivity index (χ2n) is 6.87. The van der Waals surface area contributed by atoms with Crippen molar-refractivity contribution < 1.29 is 9.18 Å². The van der Waals surface area contributed by atoms with Gasteiger partial charge in [-0.05, 0) is 51.6 Å². The van der Waals surface area contributed by atoms with Gasteiger partial charge in [-0.1, -0.05) is 0 Å². The third-order valence-corrected chi connectivity index (χ3v) is 4.69. The summed E-state index contributed by atoms with van der Waals surface area (Å²) in [7, 11) is 1.94. The summed E-state index contributed by atoms with van der Waals surface area (Å²) < 4.78 is 15.2. The van der Waals surface area contributed by atoms with Gasteiger partial charge in [0, 0.05) is 30.6 Å². The van der Waals surface area contributed by atoms with Crippen molar-refractivity contribution in [2.24, 2.45) is 0 Å². The van der Waals surface area contributed by atoms with Crippen molar-refractivity contribution in [3.8, 4) is 11.4 Å². The van der Waals surface area contributed by atoms with E-state index in [4.69, 9.17) is 0 Å². The molecule has 0 spiro atoms. The molecule has 2 heterocycles. The first-order valence-electron chi connectivity index (χ1n) is 8.61. The molecule has 0 aliphatic carbocycles. The van der Waals surface area contributed by atoms with Crippen molar-refractivity contribution in [1.29, 1.82) is 0 Å². The van der Waals surface area contributed by atoms with E-state index < -0.39 is 0 Å². The molecule has 0 fully saturated rings. The standard InChI is InChI=1S/C18H24FN5O/c1-12(2)23(3)11-17(25)20-15-8-9-16-21-22-18(24(16)10-15)13-4-6-14(19)7-5-13/h4-7,12,15H,8-11H2,1-3H3,(H,20,25)/t15-/m1/s1. The molecule has 0 saturated heterocycles. The molecule has 0 unspecified atom stereocenters. The van der Waals surface area contributed by atoms with Crippen LogP contribution in [0.25, 0.3) is 11.4 Å². The van der Waals surface area contributed by atoms with Crippen LogP contribution in [0, 0.1) is 5.82 Å². The molecule has 0 radical (unpaired) electrons. The maximum absolute atomic E-state index is 13.1. The van der Waals surface area contributed by atoms with Crippen molar-refractivity contribution in [2.45, 2.75) is 45.3 Å². The minimum absolute atomic E-state index is 0.0288. The van der Waals surface area contributed by atoms with Crippen LogP contribution in [0.15, 0.2) is 24.3 Å². The topological polar surface area (TPSA) is 63.1 Å². The summed E-state index contributed by atoms with van der Waals surface area (Å²) in [4.78, 5) is 14.2. The predicted octanol–water partition coefficient (Wildman–Crippen LogP) is 1.86. The lowest BCUT2D eigenvalue weighted by Crippen LogP contribution is -2.46. The van der Waals surface area contributed by atoms with Gasteiger partial charge in [0.05, 0.1) is 6.54 Å². The van der Waals surface area contributed by atoms with E-state index in [2.05, 4.69) is 29.4 Å². The Bertz CT molecular complexity index is 740. The van der Waals surface area contributed by atoms with Crippen LogP contribution >= 0.6 is 0 Å². The van der Waals surface area contributed by atoms with E-state index >= 15 is 0 Å². The number of halogens is 1. The lowest BCUT2D eigenvalue weighted by Gasteiger charge is -2.27. The summed E-state index contributed by atoms with van der Waals surface area (Å²) in [6.07, 6.45) is 1.61. The monoisotopic (exact) mass is 345 g/mol. The molecule has 1 atom stereocenters. The minimum atomic E-state index is -0.276.